The first-order chi connectivity index (χ1) is 13.3. The molecule has 0 bridgehead atoms. The number of carboxylic acid groups (broad SMARTS) is 1. The summed E-state index contributed by atoms with van der Waals surface area (Å²) < 4.78 is 5.33. The molecule has 9 nitrogen and oxygen atoms in total. The standard InChI is InChI=1S/C19H25N3O6/c1-13(2)19(18(24)25)6-7-21(12-19)17(23)14-4-3-5-15(22(26)27)16(14)20-8-10-28-11-9-20/h3-5,13H,6-12H2,1-2H3,(H,24,25). The van der Waals surface area contributed by atoms with Crippen molar-refractivity contribution in [3.63, 3.8) is 0 Å². The number of carboxylic acids is 1. The van der Waals surface area contributed by atoms with Crippen molar-refractivity contribution < 1.29 is 24.4 Å². The Kier molecular flexibility index (Phi) is 5.55. The number of aliphatic carboxylic acids is 1. The summed E-state index contributed by atoms with van der Waals surface area (Å²) in [4.78, 5) is 39.6. The number of nitrogens with zero attached hydrogens (tertiary/aromatic N) is 3. The van der Waals surface area contributed by atoms with Gasteiger partial charge in [0.15, 0.2) is 0 Å². The SMILES string of the molecule is CC(C)C1(C(=O)O)CCN(C(=O)c2cccc([N+](=O)[O-])c2N2CCOCC2)C1. The lowest BCUT2D eigenvalue weighted by Crippen LogP contribution is -2.41. The summed E-state index contributed by atoms with van der Waals surface area (Å²) in [5.41, 5.74) is -0.588. The number of ether oxygens (including phenoxy) is 1. The van der Waals surface area contributed by atoms with Gasteiger partial charge in [0.25, 0.3) is 11.6 Å². The average molecular weight is 391 g/mol. The van der Waals surface area contributed by atoms with Gasteiger partial charge < -0.3 is 19.6 Å². The molecular weight excluding hydrogens is 366 g/mol. The van der Waals surface area contributed by atoms with Gasteiger partial charge in [-0.25, -0.2) is 0 Å². The highest BCUT2D eigenvalue weighted by atomic mass is 16.6. The molecule has 0 spiro atoms. The molecular formula is C19H25N3O6. The molecule has 3 rings (SSSR count). The minimum atomic E-state index is -0.991. The van der Waals surface area contributed by atoms with E-state index in [4.69, 9.17) is 4.74 Å². The number of anilines is 1. The van der Waals surface area contributed by atoms with Crippen molar-refractivity contribution in [2.75, 3.05) is 44.3 Å². The zero-order valence-electron chi connectivity index (χ0n) is 16.1. The van der Waals surface area contributed by atoms with Crippen molar-refractivity contribution in [3.8, 4) is 0 Å². The van der Waals surface area contributed by atoms with Crippen LogP contribution in [0.5, 0.6) is 0 Å². The Morgan fingerprint density at radius 2 is 1.93 bits per heavy atom. The Balaban J connectivity index is 1.97. The minimum Gasteiger partial charge on any atom is -0.481 e. The molecule has 28 heavy (non-hydrogen) atoms. The van der Waals surface area contributed by atoms with Crippen LogP contribution >= 0.6 is 0 Å². The second kappa shape index (κ2) is 7.75. The van der Waals surface area contributed by atoms with Gasteiger partial charge in [-0.15, -0.1) is 0 Å². The third-order valence-corrected chi connectivity index (χ3v) is 5.89. The Morgan fingerprint density at radius 1 is 1.25 bits per heavy atom. The number of amides is 1. The number of carbonyl (C=O) groups excluding carboxylic acids is 1. The number of nitro groups is 1. The summed E-state index contributed by atoms with van der Waals surface area (Å²) in [6.45, 7) is 5.87. The van der Waals surface area contributed by atoms with Crippen LogP contribution < -0.4 is 4.90 Å². The van der Waals surface area contributed by atoms with Gasteiger partial charge in [0.2, 0.25) is 0 Å². The van der Waals surface area contributed by atoms with Crippen molar-refractivity contribution in [2.45, 2.75) is 20.3 Å². The Hall–Kier alpha value is -2.68. The number of likely N-dealkylation sites (tertiary alicyclic amines) is 1. The normalized spacial score (nSPS) is 22.5. The number of carbonyl (C=O) groups is 2. The highest BCUT2D eigenvalue weighted by Gasteiger charge is 2.49. The predicted molar refractivity (Wildman–Crippen MR) is 102 cm³/mol. The van der Waals surface area contributed by atoms with Gasteiger partial charge in [-0.1, -0.05) is 19.9 Å². The number of hydrogen-bond acceptors (Lipinski definition) is 6. The summed E-state index contributed by atoms with van der Waals surface area (Å²) in [6.07, 6.45) is 0.369. The lowest BCUT2D eigenvalue weighted by molar-refractivity contribution is -0.384. The molecule has 1 aromatic carbocycles. The molecule has 0 radical (unpaired) electrons. The van der Waals surface area contributed by atoms with Crippen LogP contribution in [0.3, 0.4) is 0 Å². The first-order valence-electron chi connectivity index (χ1n) is 9.40. The number of hydrogen-bond donors (Lipinski definition) is 1. The van der Waals surface area contributed by atoms with Gasteiger partial charge in [-0.05, 0) is 18.4 Å². The van der Waals surface area contributed by atoms with E-state index in [-0.39, 0.29) is 35.3 Å². The van der Waals surface area contributed by atoms with Crippen molar-refractivity contribution >= 4 is 23.3 Å². The van der Waals surface area contributed by atoms with E-state index in [0.717, 1.165) is 0 Å². The first kappa shape index (κ1) is 20.1. The summed E-state index contributed by atoms with van der Waals surface area (Å²) in [5, 5.41) is 21.3. The van der Waals surface area contributed by atoms with E-state index >= 15 is 0 Å². The monoisotopic (exact) mass is 391 g/mol. The van der Waals surface area contributed by atoms with Crippen LogP contribution in [0.2, 0.25) is 0 Å². The Bertz CT molecular complexity index is 790. The Labute approximate surface area is 163 Å². The zero-order valence-corrected chi connectivity index (χ0v) is 16.1. The fourth-order valence-corrected chi connectivity index (χ4v) is 4.04. The average Bonchev–Trinajstić information content (AvgIpc) is 3.14. The molecule has 1 N–H and O–H groups in total. The summed E-state index contributed by atoms with van der Waals surface area (Å²) >= 11 is 0. The van der Waals surface area contributed by atoms with Gasteiger partial charge in [0.1, 0.15) is 5.69 Å². The number of para-hydroxylation sites is 1. The fraction of sp³-hybridized carbons (Fsp3) is 0.579. The maximum Gasteiger partial charge on any atom is 0.311 e. The van der Waals surface area contributed by atoms with E-state index in [1.807, 2.05) is 13.8 Å². The highest BCUT2D eigenvalue weighted by Crippen LogP contribution is 2.40. The van der Waals surface area contributed by atoms with E-state index in [9.17, 15) is 24.8 Å². The zero-order chi connectivity index (χ0) is 20.5. The molecule has 2 aliphatic heterocycles. The summed E-state index contributed by atoms with van der Waals surface area (Å²) in [5.74, 6) is -1.41. The van der Waals surface area contributed by atoms with Crippen LogP contribution in [0.15, 0.2) is 18.2 Å². The molecule has 0 aliphatic carbocycles. The highest BCUT2D eigenvalue weighted by molar-refractivity contribution is 6.02. The van der Waals surface area contributed by atoms with Crippen LogP contribution in [-0.4, -0.2) is 66.2 Å². The molecule has 9 heteroatoms. The minimum absolute atomic E-state index is 0.101. The van der Waals surface area contributed by atoms with Gasteiger partial charge >= 0.3 is 5.97 Å². The number of nitro benzene ring substituents is 1. The molecule has 2 aliphatic rings. The smallest absolute Gasteiger partial charge is 0.311 e. The molecule has 2 fully saturated rings. The van der Waals surface area contributed by atoms with Crippen molar-refractivity contribution in [1.29, 1.82) is 0 Å². The molecule has 1 aromatic rings. The van der Waals surface area contributed by atoms with Crippen LogP contribution in [0, 0.1) is 21.4 Å². The molecule has 152 valence electrons. The number of rotatable bonds is 5. The van der Waals surface area contributed by atoms with E-state index < -0.39 is 16.3 Å². The van der Waals surface area contributed by atoms with E-state index in [1.54, 1.807) is 11.0 Å². The van der Waals surface area contributed by atoms with E-state index in [2.05, 4.69) is 0 Å². The van der Waals surface area contributed by atoms with Crippen LogP contribution in [0.4, 0.5) is 11.4 Å². The van der Waals surface area contributed by atoms with E-state index in [0.29, 0.717) is 39.3 Å². The van der Waals surface area contributed by atoms with Crippen molar-refractivity contribution in [1.82, 2.24) is 4.90 Å². The second-order valence-electron chi connectivity index (χ2n) is 7.62. The molecule has 2 heterocycles. The molecule has 2 saturated heterocycles. The molecule has 0 saturated carbocycles. The summed E-state index contributed by atoms with van der Waals surface area (Å²) in [7, 11) is 0. The van der Waals surface area contributed by atoms with E-state index in [1.165, 1.54) is 17.0 Å². The number of benzene rings is 1. The third kappa shape index (κ3) is 3.42. The molecule has 1 unspecified atom stereocenters. The van der Waals surface area contributed by atoms with Crippen molar-refractivity contribution in [2.24, 2.45) is 11.3 Å². The number of morpholine rings is 1. The molecule has 1 atom stereocenters. The fourth-order valence-electron chi connectivity index (χ4n) is 4.04. The van der Waals surface area contributed by atoms with Gasteiger partial charge in [-0.2, -0.15) is 0 Å². The second-order valence-corrected chi connectivity index (χ2v) is 7.62. The van der Waals surface area contributed by atoms with Crippen molar-refractivity contribution in [3.05, 3.63) is 33.9 Å². The quantitative estimate of drug-likeness (QED) is 0.603. The first-order valence-corrected chi connectivity index (χ1v) is 9.40. The van der Waals surface area contributed by atoms with Gasteiger partial charge in [0.05, 0.1) is 29.1 Å². The van der Waals surface area contributed by atoms with Crippen LogP contribution in [0.25, 0.3) is 0 Å². The third-order valence-electron chi connectivity index (χ3n) is 5.89. The molecule has 0 aromatic heterocycles. The van der Waals surface area contributed by atoms with Crippen LogP contribution in [0.1, 0.15) is 30.6 Å². The molecule has 1 amide bonds. The largest absolute Gasteiger partial charge is 0.481 e. The topological polar surface area (TPSA) is 113 Å². The maximum absolute atomic E-state index is 13.3. The lowest BCUT2D eigenvalue weighted by atomic mass is 9.76. The van der Waals surface area contributed by atoms with Gasteiger partial charge in [0, 0.05) is 32.2 Å². The summed E-state index contributed by atoms with van der Waals surface area (Å²) in [6, 6.07) is 4.47. The van der Waals surface area contributed by atoms with Crippen LogP contribution in [-0.2, 0) is 9.53 Å². The lowest BCUT2D eigenvalue weighted by Gasteiger charge is -2.31. The predicted octanol–water partition coefficient (Wildman–Crippen LogP) is 2.00. The Morgan fingerprint density at radius 3 is 2.46 bits per heavy atom. The van der Waals surface area contributed by atoms with Gasteiger partial charge in [-0.3, -0.25) is 19.7 Å². The maximum atomic E-state index is 13.3.